The van der Waals surface area contributed by atoms with Crippen molar-refractivity contribution >= 4 is 32.7 Å². The van der Waals surface area contributed by atoms with Crippen molar-refractivity contribution in [2.45, 2.75) is 56.9 Å². The van der Waals surface area contributed by atoms with Crippen molar-refractivity contribution in [1.82, 2.24) is 14.2 Å². The maximum atomic E-state index is 13.1. The average molecular weight is 457 g/mol. The first kappa shape index (κ1) is 21.6. The van der Waals surface area contributed by atoms with Crippen molar-refractivity contribution in [2.24, 2.45) is 18.0 Å². The number of hydrogen-bond donors (Lipinski definition) is 1. The smallest absolute Gasteiger partial charge is 0.253 e. The molecule has 0 unspecified atom stereocenters. The Morgan fingerprint density at radius 2 is 1.88 bits per heavy atom. The molecule has 1 amide bonds. The SMILES string of the molecule is Cn1ccc2c(CCS(=O)(=O)N3CCC4(CC3)N=C(C3CCCCC3)NC4=O)cccc21. The summed E-state index contributed by atoms with van der Waals surface area (Å²) in [6, 6.07) is 8.08. The summed E-state index contributed by atoms with van der Waals surface area (Å²) in [6.07, 6.45) is 9.22. The third-order valence-electron chi connectivity index (χ3n) is 7.58. The molecule has 0 atom stereocenters. The minimum atomic E-state index is -3.39. The molecule has 3 heterocycles. The normalized spacial score (nSPS) is 22.4. The number of rotatable bonds is 5. The van der Waals surface area contributed by atoms with Gasteiger partial charge in [0.05, 0.1) is 5.75 Å². The molecular weight excluding hydrogens is 424 g/mol. The molecule has 2 aliphatic heterocycles. The Kier molecular flexibility index (Phi) is 5.61. The lowest BCUT2D eigenvalue weighted by atomic mass is 9.88. The predicted molar refractivity (Wildman–Crippen MR) is 126 cm³/mol. The highest BCUT2D eigenvalue weighted by atomic mass is 32.2. The topological polar surface area (TPSA) is 83.8 Å². The molecule has 0 bridgehead atoms. The highest BCUT2D eigenvalue weighted by Gasteiger charge is 2.48. The quantitative estimate of drug-likeness (QED) is 0.751. The molecule has 5 rings (SSSR count). The van der Waals surface area contributed by atoms with E-state index in [9.17, 15) is 13.2 Å². The Balaban J connectivity index is 1.24. The molecule has 32 heavy (non-hydrogen) atoms. The van der Waals surface area contributed by atoms with E-state index in [0.29, 0.717) is 38.3 Å². The zero-order valence-electron chi connectivity index (χ0n) is 18.7. The van der Waals surface area contributed by atoms with E-state index in [1.807, 2.05) is 42.1 Å². The molecule has 1 aromatic heterocycles. The van der Waals surface area contributed by atoms with Crippen LogP contribution in [-0.4, -0.2) is 53.4 Å². The van der Waals surface area contributed by atoms with Gasteiger partial charge in [-0.05, 0) is 49.8 Å². The third-order valence-corrected chi connectivity index (χ3v) is 9.45. The van der Waals surface area contributed by atoms with Gasteiger partial charge in [0.25, 0.3) is 5.91 Å². The second-order valence-electron chi connectivity index (χ2n) is 9.56. The Bertz CT molecular complexity index is 1150. The van der Waals surface area contributed by atoms with Crippen molar-refractivity contribution < 1.29 is 13.2 Å². The van der Waals surface area contributed by atoms with Crippen LogP contribution in [0.1, 0.15) is 50.5 Å². The van der Waals surface area contributed by atoms with Crippen LogP contribution < -0.4 is 5.32 Å². The fourth-order valence-electron chi connectivity index (χ4n) is 5.54. The number of benzene rings is 1. The molecule has 1 aliphatic carbocycles. The molecule has 1 spiro atoms. The minimum absolute atomic E-state index is 0.0362. The van der Waals surface area contributed by atoms with Gasteiger partial charge >= 0.3 is 0 Å². The number of aliphatic imine (C=N–C) groups is 1. The van der Waals surface area contributed by atoms with Crippen LogP contribution >= 0.6 is 0 Å². The number of aromatic nitrogens is 1. The summed E-state index contributed by atoms with van der Waals surface area (Å²) < 4.78 is 29.8. The molecule has 2 fully saturated rings. The van der Waals surface area contributed by atoms with E-state index in [-0.39, 0.29) is 11.7 Å². The van der Waals surface area contributed by atoms with E-state index in [4.69, 9.17) is 4.99 Å². The standard InChI is InChI=1S/C24H32N4O3S/c1-27-14-10-20-18(8-5-9-21(20)27)11-17-32(30,31)28-15-12-24(13-16-28)23(29)25-22(26-24)19-6-3-2-4-7-19/h5,8-10,14,19H,2-4,6-7,11-13,15-17H2,1H3,(H,25,26,29). The van der Waals surface area contributed by atoms with Crippen LogP contribution in [0.15, 0.2) is 35.5 Å². The first-order valence-corrected chi connectivity index (χ1v) is 13.4. The summed E-state index contributed by atoms with van der Waals surface area (Å²) in [6.45, 7) is 0.708. The zero-order valence-corrected chi connectivity index (χ0v) is 19.5. The summed E-state index contributed by atoms with van der Waals surface area (Å²) >= 11 is 0. The van der Waals surface area contributed by atoms with E-state index >= 15 is 0 Å². The highest BCUT2D eigenvalue weighted by molar-refractivity contribution is 7.89. The van der Waals surface area contributed by atoms with Crippen LogP contribution in [0.25, 0.3) is 10.9 Å². The van der Waals surface area contributed by atoms with Gasteiger partial charge < -0.3 is 9.88 Å². The Morgan fingerprint density at radius 3 is 2.62 bits per heavy atom. The first-order valence-electron chi connectivity index (χ1n) is 11.8. The number of piperidine rings is 1. The molecule has 1 N–H and O–H groups in total. The van der Waals surface area contributed by atoms with Crippen LogP contribution in [0.5, 0.6) is 0 Å². The van der Waals surface area contributed by atoms with E-state index in [0.717, 1.165) is 35.1 Å². The maximum Gasteiger partial charge on any atom is 0.253 e. The summed E-state index contributed by atoms with van der Waals surface area (Å²) in [4.78, 5) is 17.7. The molecule has 1 saturated heterocycles. The molecule has 0 radical (unpaired) electrons. The summed E-state index contributed by atoms with van der Waals surface area (Å²) in [5.41, 5.74) is 1.39. The Hall–Kier alpha value is -2.19. The largest absolute Gasteiger partial charge is 0.351 e. The van der Waals surface area contributed by atoms with Crippen LogP contribution in [-0.2, 0) is 28.3 Å². The molecule has 172 valence electrons. The van der Waals surface area contributed by atoms with Gasteiger partial charge in [0.1, 0.15) is 11.4 Å². The number of carbonyl (C=O) groups is 1. The van der Waals surface area contributed by atoms with Crippen molar-refractivity contribution in [3.8, 4) is 0 Å². The number of carbonyl (C=O) groups excluding carboxylic acids is 1. The number of fused-ring (bicyclic) bond motifs is 1. The minimum Gasteiger partial charge on any atom is -0.351 e. The highest BCUT2D eigenvalue weighted by Crippen LogP contribution is 2.35. The van der Waals surface area contributed by atoms with Crippen LogP contribution in [0.3, 0.4) is 0 Å². The van der Waals surface area contributed by atoms with Gasteiger partial charge in [-0.15, -0.1) is 0 Å². The third kappa shape index (κ3) is 3.88. The lowest BCUT2D eigenvalue weighted by molar-refractivity contribution is -0.125. The predicted octanol–water partition coefficient (Wildman–Crippen LogP) is 2.99. The zero-order chi connectivity index (χ0) is 22.3. The number of nitrogens with zero attached hydrogens (tertiary/aromatic N) is 3. The molecule has 1 aromatic carbocycles. The second-order valence-corrected chi connectivity index (χ2v) is 11.6. The maximum absolute atomic E-state index is 13.1. The number of hydrogen-bond acceptors (Lipinski definition) is 4. The monoisotopic (exact) mass is 456 g/mol. The summed E-state index contributed by atoms with van der Waals surface area (Å²) in [5.74, 6) is 1.25. The average Bonchev–Trinajstić information content (AvgIpc) is 3.34. The number of aryl methyl sites for hydroxylation is 2. The van der Waals surface area contributed by atoms with Crippen molar-refractivity contribution in [3.63, 3.8) is 0 Å². The van der Waals surface area contributed by atoms with Gasteiger partial charge in [0.2, 0.25) is 10.0 Å². The number of amides is 1. The molecule has 1 saturated carbocycles. The van der Waals surface area contributed by atoms with Crippen molar-refractivity contribution in [1.29, 1.82) is 0 Å². The first-order chi connectivity index (χ1) is 15.4. The molecular formula is C24H32N4O3S. The summed E-state index contributed by atoms with van der Waals surface area (Å²) in [7, 11) is -1.40. The fourth-order valence-corrected chi connectivity index (χ4v) is 7.01. The van der Waals surface area contributed by atoms with Crippen LogP contribution in [0.2, 0.25) is 0 Å². The molecule has 8 heteroatoms. The van der Waals surface area contributed by atoms with Crippen molar-refractivity contribution in [2.75, 3.05) is 18.8 Å². The van der Waals surface area contributed by atoms with Gasteiger partial charge in [0, 0.05) is 43.2 Å². The number of nitrogens with one attached hydrogen (secondary N) is 1. The van der Waals surface area contributed by atoms with Gasteiger partial charge in [-0.1, -0.05) is 31.4 Å². The van der Waals surface area contributed by atoms with Crippen LogP contribution in [0, 0.1) is 5.92 Å². The molecule has 3 aliphatic rings. The van der Waals surface area contributed by atoms with Gasteiger partial charge in [-0.3, -0.25) is 9.79 Å². The van der Waals surface area contributed by atoms with Gasteiger partial charge in [-0.25, -0.2) is 12.7 Å². The van der Waals surface area contributed by atoms with E-state index < -0.39 is 15.6 Å². The number of sulfonamides is 1. The molecule has 7 nitrogen and oxygen atoms in total. The Morgan fingerprint density at radius 1 is 1.12 bits per heavy atom. The fraction of sp³-hybridized carbons (Fsp3) is 0.583. The summed E-state index contributed by atoms with van der Waals surface area (Å²) in [5, 5.41) is 4.15. The van der Waals surface area contributed by atoms with Crippen LogP contribution in [0.4, 0.5) is 0 Å². The Labute approximate surface area is 189 Å². The van der Waals surface area contributed by atoms with Gasteiger partial charge in [-0.2, -0.15) is 0 Å². The van der Waals surface area contributed by atoms with E-state index in [2.05, 4.69) is 5.32 Å². The van der Waals surface area contributed by atoms with Crippen molar-refractivity contribution in [3.05, 3.63) is 36.0 Å². The van der Waals surface area contributed by atoms with Gasteiger partial charge in [0.15, 0.2) is 0 Å². The lowest BCUT2D eigenvalue weighted by Crippen LogP contribution is -2.51. The number of amidine groups is 1. The van der Waals surface area contributed by atoms with E-state index in [1.165, 1.54) is 19.3 Å². The van der Waals surface area contributed by atoms with E-state index in [1.54, 1.807) is 4.31 Å². The lowest BCUT2D eigenvalue weighted by Gasteiger charge is -2.34. The molecule has 2 aromatic rings. The second kappa shape index (κ2) is 8.30.